The van der Waals surface area contributed by atoms with Crippen molar-refractivity contribution in [3.8, 4) is 5.75 Å². The summed E-state index contributed by atoms with van der Waals surface area (Å²) in [6.45, 7) is 3.07. The molecule has 0 heterocycles. The van der Waals surface area contributed by atoms with Crippen molar-refractivity contribution in [3.63, 3.8) is 0 Å². The largest absolute Gasteiger partial charge is 0.508 e. The molecule has 1 aromatic rings. The molecule has 0 atom stereocenters. The third-order valence-electron chi connectivity index (χ3n) is 7.65. The van der Waals surface area contributed by atoms with Crippen molar-refractivity contribution < 1.29 is 9.90 Å². The van der Waals surface area contributed by atoms with Gasteiger partial charge in [0.05, 0.1) is 6.42 Å². The molecule has 0 radical (unpaired) electrons. The van der Waals surface area contributed by atoms with Crippen LogP contribution in [0.25, 0.3) is 0 Å². The van der Waals surface area contributed by atoms with Crippen molar-refractivity contribution in [1.29, 1.82) is 0 Å². The highest BCUT2D eigenvalue weighted by molar-refractivity contribution is 5.78. The third kappa shape index (κ3) is 23.3. The molecule has 1 rings (SSSR count). The van der Waals surface area contributed by atoms with Crippen molar-refractivity contribution in [2.45, 2.75) is 167 Å². The van der Waals surface area contributed by atoms with E-state index < -0.39 is 0 Å². The second-order valence-electron chi connectivity index (χ2n) is 11.3. The van der Waals surface area contributed by atoms with Crippen molar-refractivity contribution in [3.05, 3.63) is 29.8 Å². The van der Waals surface area contributed by atoms with Crippen LogP contribution in [0, 0.1) is 0 Å². The summed E-state index contributed by atoms with van der Waals surface area (Å²) >= 11 is 0. The molecule has 0 unspecified atom stereocenters. The van der Waals surface area contributed by atoms with Gasteiger partial charge >= 0.3 is 0 Å². The molecule has 0 aromatic heterocycles. The number of hydrogen-bond donors (Lipinski definition) is 2. The van der Waals surface area contributed by atoms with Crippen LogP contribution in [0.1, 0.15) is 167 Å². The number of amides is 1. The van der Waals surface area contributed by atoms with Crippen molar-refractivity contribution in [1.82, 2.24) is 5.32 Å². The first-order chi connectivity index (χ1) is 18.2. The SMILES string of the molecule is CCCCCCCCCCCCCCCCCCCCCCCCCCNC(=O)Cc1ccc(O)cc1. The predicted octanol–water partition coefficient (Wildman–Crippen LogP) is 10.4. The van der Waals surface area contributed by atoms with E-state index in [9.17, 15) is 9.90 Å². The fourth-order valence-corrected chi connectivity index (χ4v) is 5.18. The Balaban J connectivity index is 1.69. The molecule has 37 heavy (non-hydrogen) atoms. The van der Waals surface area contributed by atoms with Gasteiger partial charge in [-0.2, -0.15) is 0 Å². The molecular weight excluding hydrogens is 454 g/mol. The molecule has 2 N–H and O–H groups in total. The summed E-state index contributed by atoms with van der Waals surface area (Å²) < 4.78 is 0. The maximum atomic E-state index is 12.0. The van der Waals surface area contributed by atoms with E-state index in [0.29, 0.717) is 6.42 Å². The number of unbranched alkanes of at least 4 members (excludes halogenated alkanes) is 23. The lowest BCUT2D eigenvalue weighted by molar-refractivity contribution is -0.120. The number of aromatic hydroxyl groups is 1. The average molecular weight is 516 g/mol. The van der Waals surface area contributed by atoms with Gasteiger partial charge in [-0.3, -0.25) is 4.79 Å². The standard InChI is InChI=1S/C34H61NO2/c1-2-3-4-5-6-7-8-9-10-11-12-13-14-15-16-17-18-19-20-21-22-23-24-25-30-35-34(37)31-32-26-28-33(36)29-27-32/h26-29,36H,2-25,30-31H2,1H3,(H,35,37). The number of nitrogens with one attached hydrogen (secondary N) is 1. The van der Waals surface area contributed by atoms with Gasteiger partial charge in [0, 0.05) is 6.54 Å². The Morgan fingerprint density at radius 3 is 1.22 bits per heavy atom. The van der Waals surface area contributed by atoms with E-state index >= 15 is 0 Å². The molecule has 0 saturated carbocycles. The number of phenolic OH excluding ortho intramolecular Hbond substituents is 1. The monoisotopic (exact) mass is 515 g/mol. The van der Waals surface area contributed by atoms with E-state index in [0.717, 1.165) is 18.5 Å². The Labute approximate surface area is 230 Å². The summed E-state index contributed by atoms with van der Waals surface area (Å²) in [4.78, 5) is 12.0. The van der Waals surface area contributed by atoms with Gasteiger partial charge < -0.3 is 10.4 Å². The molecule has 0 aliphatic rings. The van der Waals surface area contributed by atoms with Crippen LogP contribution in [-0.4, -0.2) is 17.6 Å². The molecule has 0 spiro atoms. The first kappa shape index (κ1) is 33.5. The predicted molar refractivity (Wildman–Crippen MR) is 161 cm³/mol. The van der Waals surface area contributed by atoms with Gasteiger partial charge in [-0.1, -0.05) is 167 Å². The van der Waals surface area contributed by atoms with Gasteiger partial charge in [-0.05, 0) is 24.1 Å². The Morgan fingerprint density at radius 1 is 0.541 bits per heavy atom. The average Bonchev–Trinajstić information content (AvgIpc) is 2.90. The molecule has 1 aromatic carbocycles. The van der Waals surface area contributed by atoms with Crippen LogP contribution in [0.3, 0.4) is 0 Å². The summed E-state index contributed by atoms with van der Waals surface area (Å²) in [6.07, 6.45) is 34.1. The minimum absolute atomic E-state index is 0.0692. The number of hydrogen-bond acceptors (Lipinski definition) is 2. The van der Waals surface area contributed by atoms with E-state index in [1.807, 2.05) is 0 Å². The van der Waals surface area contributed by atoms with Crippen molar-refractivity contribution in [2.24, 2.45) is 0 Å². The van der Waals surface area contributed by atoms with Crippen LogP contribution in [0.5, 0.6) is 5.75 Å². The zero-order valence-electron chi connectivity index (χ0n) is 24.5. The molecule has 0 fully saturated rings. The Morgan fingerprint density at radius 2 is 0.865 bits per heavy atom. The molecule has 0 aliphatic carbocycles. The molecule has 0 saturated heterocycles. The lowest BCUT2D eigenvalue weighted by Gasteiger charge is -2.06. The highest BCUT2D eigenvalue weighted by Gasteiger charge is 2.03. The summed E-state index contributed by atoms with van der Waals surface area (Å²) in [6, 6.07) is 6.86. The Kier molecular flexibility index (Phi) is 23.7. The van der Waals surface area contributed by atoms with Crippen LogP contribution in [-0.2, 0) is 11.2 Å². The normalized spacial score (nSPS) is 11.2. The van der Waals surface area contributed by atoms with Crippen LogP contribution in [0.4, 0.5) is 0 Å². The van der Waals surface area contributed by atoms with E-state index in [2.05, 4.69) is 12.2 Å². The lowest BCUT2D eigenvalue weighted by Crippen LogP contribution is -2.26. The number of carbonyl (C=O) groups excluding carboxylic acids is 1. The van der Waals surface area contributed by atoms with E-state index in [1.54, 1.807) is 24.3 Å². The van der Waals surface area contributed by atoms with Crippen molar-refractivity contribution >= 4 is 5.91 Å². The highest BCUT2D eigenvalue weighted by atomic mass is 16.3. The quantitative estimate of drug-likeness (QED) is 0.114. The van der Waals surface area contributed by atoms with Gasteiger partial charge in [0.1, 0.15) is 5.75 Å². The topological polar surface area (TPSA) is 49.3 Å². The van der Waals surface area contributed by atoms with Gasteiger partial charge in [0.2, 0.25) is 5.91 Å². The van der Waals surface area contributed by atoms with Gasteiger partial charge in [-0.25, -0.2) is 0 Å². The summed E-state index contributed by atoms with van der Waals surface area (Å²) in [7, 11) is 0. The highest BCUT2D eigenvalue weighted by Crippen LogP contribution is 2.15. The Bertz CT molecular complexity index is 613. The first-order valence-corrected chi connectivity index (χ1v) is 16.3. The van der Waals surface area contributed by atoms with Crippen LogP contribution in [0.2, 0.25) is 0 Å². The number of benzene rings is 1. The van der Waals surface area contributed by atoms with Crippen LogP contribution >= 0.6 is 0 Å². The van der Waals surface area contributed by atoms with Gasteiger partial charge in [0.25, 0.3) is 0 Å². The fraction of sp³-hybridized carbons (Fsp3) is 0.794. The van der Waals surface area contributed by atoms with E-state index in [-0.39, 0.29) is 11.7 Å². The minimum atomic E-state index is 0.0692. The third-order valence-corrected chi connectivity index (χ3v) is 7.65. The zero-order valence-corrected chi connectivity index (χ0v) is 24.5. The number of rotatable bonds is 27. The maximum absolute atomic E-state index is 12.0. The second kappa shape index (κ2) is 26.1. The second-order valence-corrected chi connectivity index (χ2v) is 11.3. The first-order valence-electron chi connectivity index (χ1n) is 16.3. The zero-order chi connectivity index (χ0) is 26.7. The van der Waals surface area contributed by atoms with E-state index in [4.69, 9.17) is 0 Å². The summed E-state index contributed by atoms with van der Waals surface area (Å²) in [5, 5.41) is 12.3. The molecule has 0 bridgehead atoms. The minimum Gasteiger partial charge on any atom is -0.508 e. The van der Waals surface area contributed by atoms with Crippen LogP contribution < -0.4 is 5.32 Å². The van der Waals surface area contributed by atoms with Gasteiger partial charge in [-0.15, -0.1) is 0 Å². The molecule has 3 heteroatoms. The number of carbonyl (C=O) groups is 1. The molecule has 3 nitrogen and oxygen atoms in total. The molecule has 214 valence electrons. The van der Waals surface area contributed by atoms with Gasteiger partial charge in [0.15, 0.2) is 0 Å². The van der Waals surface area contributed by atoms with E-state index in [1.165, 1.54) is 148 Å². The maximum Gasteiger partial charge on any atom is 0.224 e. The fourth-order valence-electron chi connectivity index (χ4n) is 5.18. The molecule has 0 aliphatic heterocycles. The number of phenols is 1. The molecule has 1 amide bonds. The summed E-state index contributed by atoms with van der Waals surface area (Å²) in [5.74, 6) is 0.309. The smallest absolute Gasteiger partial charge is 0.224 e. The van der Waals surface area contributed by atoms with Crippen molar-refractivity contribution in [2.75, 3.05) is 6.54 Å². The Hall–Kier alpha value is -1.51. The lowest BCUT2D eigenvalue weighted by atomic mass is 10.0. The molecular formula is C34H61NO2. The summed E-state index contributed by atoms with van der Waals surface area (Å²) in [5.41, 5.74) is 0.940. The van der Waals surface area contributed by atoms with Crippen LogP contribution in [0.15, 0.2) is 24.3 Å².